The Balaban J connectivity index is 1.40. The molecule has 1 saturated heterocycles. The lowest BCUT2D eigenvalue weighted by Gasteiger charge is -2.18. The molecule has 1 aliphatic carbocycles. The third kappa shape index (κ3) is 7.17. The summed E-state index contributed by atoms with van der Waals surface area (Å²) in [5.74, 6) is -1.58. The van der Waals surface area contributed by atoms with Gasteiger partial charge in [0.2, 0.25) is 11.8 Å². The second-order valence-corrected chi connectivity index (χ2v) is 9.52. The van der Waals surface area contributed by atoms with E-state index in [1.54, 1.807) is 6.92 Å². The van der Waals surface area contributed by atoms with Crippen molar-refractivity contribution in [2.75, 3.05) is 11.9 Å². The topological polar surface area (TPSA) is 162 Å². The zero-order chi connectivity index (χ0) is 27.1. The summed E-state index contributed by atoms with van der Waals surface area (Å²) >= 11 is 0. The van der Waals surface area contributed by atoms with Gasteiger partial charge in [-0.25, -0.2) is 4.79 Å². The molecule has 3 amide bonds. The number of nitrogens with zero attached hydrogens (tertiary/aromatic N) is 2. The van der Waals surface area contributed by atoms with Crippen LogP contribution in [0.15, 0.2) is 45.9 Å². The lowest BCUT2D eigenvalue weighted by atomic mass is 9.98. The highest BCUT2D eigenvalue weighted by Gasteiger charge is 2.27. The monoisotopic (exact) mass is 525 g/mol. The van der Waals surface area contributed by atoms with Crippen LogP contribution < -0.4 is 21.5 Å². The largest absolute Gasteiger partial charge is 0.459 e. The maximum absolute atomic E-state index is 12.9. The number of nitrogens with one attached hydrogen (secondary N) is 3. The first kappa shape index (κ1) is 26.8. The Morgan fingerprint density at radius 1 is 1.26 bits per heavy atom. The van der Waals surface area contributed by atoms with Gasteiger partial charge >= 0.3 is 5.97 Å². The number of hydrogen-bond donors (Lipinski definition) is 3. The Labute approximate surface area is 218 Å². The molecule has 2 aromatic rings. The Morgan fingerprint density at radius 2 is 2.05 bits per heavy atom. The number of aromatic nitrogens is 2. The molecule has 0 spiro atoms. The van der Waals surface area contributed by atoms with E-state index < -0.39 is 29.4 Å². The SMILES string of the molecule is Cc1cc(C(=O)Nc2cccn(CC(=O)N[C@H](/C=C/C(=O)OC3CCCC3)C[C@@H]3CCNC3=O)c2=O)no1. The molecule has 3 heterocycles. The van der Waals surface area contributed by atoms with Gasteiger partial charge in [-0.2, -0.15) is 0 Å². The van der Waals surface area contributed by atoms with Gasteiger partial charge < -0.3 is 29.8 Å². The molecule has 202 valence electrons. The van der Waals surface area contributed by atoms with E-state index >= 15 is 0 Å². The lowest BCUT2D eigenvalue weighted by Crippen LogP contribution is -2.40. The molecule has 2 fully saturated rings. The highest BCUT2D eigenvalue weighted by molar-refractivity contribution is 6.02. The predicted molar refractivity (Wildman–Crippen MR) is 135 cm³/mol. The van der Waals surface area contributed by atoms with Gasteiger partial charge in [-0.05, 0) is 57.6 Å². The van der Waals surface area contributed by atoms with Crippen molar-refractivity contribution in [1.29, 1.82) is 0 Å². The standard InChI is InChI=1S/C26H31N5O7/c1-16-13-21(30-38-16)25(35)29-20-7-4-12-31(26(20)36)15-22(32)28-18(14-17-10-11-27-24(17)34)8-9-23(33)37-19-5-2-3-6-19/h4,7-9,12-13,17-19H,2-3,5-6,10-11,14-15H2,1H3,(H,27,34)(H,28,32)(H,29,35)/b9-8+/t17-,18+/m0/s1. The normalized spacial score (nSPS) is 18.3. The molecule has 0 radical (unpaired) electrons. The van der Waals surface area contributed by atoms with E-state index in [2.05, 4.69) is 21.1 Å². The molecule has 4 rings (SSSR count). The Kier molecular flexibility index (Phi) is 8.72. The minimum Gasteiger partial charge on any atom is -0.459 e. The van der Waals surface area contributed by atoms with E-state index in [9.17, 15) is 24.0 Å². The van der Waals surface area contributed by atoms with Crippen molar-refractivity contribution in [2.24, 2.45) is 5.92 Å². The van der Waals surface area contributed by atoms with Crippen LogP contribution in [0.2, 0.25) is 0 Å². The quantitative estimate of drug-likeness (QED) is 0.310. The van der Waals surface area contributed by atoms with Gasteiger partial charge in [0.25, 0.3) is 11.5 Å². The van der Waals surface area contributed by atoms with E-state index in [-0.39, 0.29) is 35.9 Å². The second-order valence-electron chi connectivity index (χ2n) is 9.52. The summed E-state index contributed by atoms with van der Waals surface area (Å²) in [6.07, 6.45) is 8.81. The molecule has 0 aromatic carbocycles. The number of carbonyl (C=O) groups is 4. The number of pyridine rings is 1. The number of aryl methyl sites for hydroxylation is 1. The van der Waals surface area contributed by atoms with E-state index in [1.165, 1.54) is 36.5 Å². The molecule has 3 N–H and O–H groups in total. The minimum absolute atomic E-state index is 0.0204. The van der Waals surface area contributed by atoms with Gasteiger partial charge in [-0.3, -0.25) is 19.2 Å². The number of carbonyl (C=O) groups excluding carboxylic acids is 4. The van der Waals surface area contributed by atoms with Crippen LogP contribution >= 0.6 is 0 Å². The fourth-order valence-electron chi connectivity index (χ4n) is 4.59. The van der Waals surface area contributed by atoms with Gasteiger partial charge in [0, 0.05) is 36.8 Å². The molecule has 1 saturated carbocycles. The Hall–Kier alpha value is -4.22. The lowest BCUT2D eigenvalue weighted by molar-refractivity contribution is -0.142. The summed E-state index contributed by atoms with van der Waals surface area (Å²) < 4.78 is 11.5. The fraction of sp³-hybridized carbons (Fsp3) is 0.462. The van der Waals surface area contributed by atoms with Crippen molar-refractivity contribution < 1.29 is 28.4 Å². The van der Waals surface area contributed by atoms with Crippen LogP contribution in [0.5, 0.6) is 0 Å². The van der Waals surface area contributed by atoms with Crippen LogP contribution in [-0.2, 0) is 25.7 Å². The summed E-state index contributed by atoms with van der Waals surface area (Å²) in [4.78, 5) is 62.5. The summed E-state index contributed by atoms with van der Waals surface area (Å²) in [6, 6.07) is 3.76. The van der Waals surface area contributed by atoms with E-state index in [0.717, 1.165) is 30.3 Å². The second kappa shape index (κ2) is 12.3. The number of hydrogen-bond acceptors (Lipinski definition) is 8. The molecule has 0 unspecified atom stereocenters. The van der Waals surface area contributed by atoms with Crippen LogP contribution in [0.3, 0.4) is 0 Å². The van der Waals surface area contributed by atoms with Crippen molar-refractivity contribution in [3.05, 3.63) is 58.4 Å². The molecule has 0 bridgehead atoms. The van der Waals surface area contributed by atoms with Gasteiger partial charge in [-0.15, -0.1) is 0 Å². The van der Waals surface area contributed by atoms with Crippen molar-refractivity contribution in [2.45, 2.75) is 64.1 Å². The van der Waals surface area contributed by atoms with Crippen molar-refractivity contribution in [3.8, 4) is 0 Å². The number of rotatable bonds is 10. The maximum atomic E-state index is 12.9. The zero-order valence-corrected chi connectivity index (χ0v) is 21.1. The van der Waals surface area contributed by atoms with Crippen LogP contribution in [0.1, 0.15) is 54.8 Å². The summed E-state index contributed by atoms with van der Waals surface area (Å²) in [7, 11) is 0. The Morgan fingerprint density at radius 3 is 2.74 bits per heavy atom. The first-order valence-electron chi connectivity index (χ1n) is 12.7. The predicted octanol–water partition coefficient (Wildman–Crippen LogP) is 1.45. The van der Waals surface area contributed by atoms with Crippen LogP contribution in [-0.4, -0.2) is 52.1 Å². The molecule has 2 aromatic heterocycles. The third-order valence-electron chi connectivity index (χ3n) is 6.54. The molecule has 2 atom stereocenters. The molecule has 12 nitrogen and oxygen atoms in total. The smallest absolute Gasteiger partial charge is 0.330 e. The van der Waals surface area contributed by atoms with E-state index in [0.29, 0.717) is 25.1 Å². The Bertz CT molecular complexity index is 1270. The van der Waals surface area contributed by atoms with Gasteiger partial charge in [0.15, 0.2) is 5.69 Å². The van der Waals surface area contributed by atoms with E-state index in [4.69, 9.17) is 9.26 Å². The fourth-order valence-corrected chi connectivity index (χ4v) is 4.59. The highest BCUT2D eigenvalue weighted by Crippen LogP contribution is 2.21. The molecular weight excluding hydrogens is 494 g/mol. The molecule has 38 heavy (non-hydrogen) atoms. The molecular formula is C26H31N5O7. The summed E-state index contributed by atoms with van der Waals surface area (Å²) in [5.41, 5.74) is -0.592. The average Bonchev–Trinajstić information content (AvgIpc) is 3.64. The highest BCUT2D eigenvalue weighted by atomic mass is 16.5. The summed E-state index contributed by atoms with van der Waals surface area (Å²) in [5, 5.41) is 11.7. The number of anilines is 1. The van der Waals surface area contributed by atoms with Gasteiger partial charge in [0.1, 0.15) is 24.1 Å². The molecule has 12 heteroatoms. The van der Waals surface area contributed by atoms with Crippen LogP contribution in [0, 0.1) is 12.8 Å². The van der Waals surface area contributed by atoms with Gasteiger partial charge in [-0.1, -0.05) is 11.2 Å². The number of esters is 1. The molecule has 2 aliphatic rings. The van der Waals surface area contributed by atoms with Crippen LogP contribution in [0.25, 0.3) is 0 Å². The number of amides is 3. The van der Waals surface area contributed by atoms with Crippen molar-refractivity contribution in [1.82, 2.24) is 20.4 Å². The minimum atomic E-state index is -0.624. The van der Waals surface area contributed by atoms with Gasteiger partial charge in [0.05, 0.1) is 0 Å². The summed E-state index contributed by atoms with van der Waals surface area (Å²) in [6.45, 7) is 1.86. The zero-order valence-electron chi connectivity index (χ0n) is 21.1. The first-order valence-corrected chi connectivity index (χ1v) is 12.7. The molecule has 1 aliphatic heterocycles. The van der Waals surface area contributed by atoms with Crippen LogP contribution in [0.4, 0.5) is 5.69 Å². The van der Waals surface area contributed by atoms with Crippen molar-refractivity contribution >= 4 is 29.4 Å². The van der Waals surface area contributed by atoms with Crippen molar-refractivity contribution in [3.63, 3.8) is 0 Å². The van der Waals surface area contributed by atoms with E-state index in [1.807, 2.05) is 0 Å². The average molecular weight is 526 g/mol. The first-order chi connectivity index (χ1) is 18.3. The number of ether oxygens (including phenoxy) is 1. The third-order valence-corrected chi connectivity index (χ3v) is 6.54. The maximum Gasteiger partial charge on any atom is 0.330 e.